The number of rotatable bonds is 3. The molecule has 1 atom stereocenters. The number of halogens is 4. The van der Waals surface area contributed by atoms with Crippen LogP contribution in [0.2, 0.25) is 0 Å². The number of hydrogen-bond acceptors (Lipinski definition) is 2. The summed E-state index contributed by atoms with van der Waals surface area (Å²) in [5.41, 5.74) is 1.65. The van der Waals surface area contributed by atoms with E-state index in [9.17, 15) is 13.2 Å². The predicted molar refractivity (Wildman–Crippen MR) is 93.1 cm³/mol. The molecule has 1 saturated heterocycles. The molecule has 0 amide bonds. The average Bonchev–Trinajstić information content (AvgIpc) is 2.56. The van der Waals surface area contributed by atoms with Crippen molar-refractivity contribution in [3.8, 4) is 0 Å². The van der Waals surface area contributed by atoms with Gasteiger partial charge in [0.25, 0.3) is 0 Å². The Hall–Kier alpha value is -1.53. The standard InChI is InChI=1S/C18H18BrF3N2/c19-15-6-8-16(9-7-15)24-11-10-23(13-17(24)18(20,21)22)12-14-4-2-1-3-5-14/h1-9,17H,10-13H2. The fourth-order valence-corrected chi connectivity index (χ4v) is 3.31. The second-order valence-corrected chi connectivity index (χ2v) is 6.86. The van der Waals surface area contributed by atoms with Crippen LogP contribution >= 0.6 is 15.9 Å². The Balaban J connectivity index is 1.77. The normalized spacial score (nSPS) is 19.5. The van der Waals surface area contributed by atoms with Crippen LogP contribution in [0.1, 0.15) is 5.56 Å². The first-order valence-corrected chi connectivity index (χ1v) is 8.58. The summed E-state index contributed by atoms with van der Waals surface area (Å²) in [4.78, 5) is 3.34. The van der Waals surface area contributed by atoms with E-state index < -0.39 is 12.2 Å². The summed E-state index contributed by atoms with van der Waals surface area (Å²) < 4.78 is 41.6. The zero-order chi connectivity index (χ0) is 17.2. The maximum atomic E-state index is 13.6. The molecule has 0 aliphatic carbocycles. The Bertz CT molecular complexity index is 658. The molecule has 1 aliphatic rings. The Morgan fingerprint density at radius 1 is 0.958 bits per heavy atom. The van der Waals surface area contributed by atoms with Gasteiger partial charge in [0.1, 0.15) is 6.04 Å². The average molecular weight is 399 g/mol. The first kappa shape index (κ1) is 17.3. The van der Waals surface area contributed by atoms with Crippen LogP contribution in [0.25, 0.3) is 0 Å². The molecule has 1 aliphatic heterocycles. The van der Waals surface area contributed by atoms with Crippen molar-refractivity contribution >= 4 is 21.6 Å². The van der Waals surface area contributed by atoms with Crippen LogP contribution in [0.15, 0.2) is 59.1 Å². The van der Waals surface area contributed by atoms with E-state index in [2.05, 4.69) is 15.9 Å². The van der Waals surface area contributed by atoms with Crippen molar-refractivity contribution < 1.29 is 13.2 Å². The van der Waals surface area contributed by atoms with E-state index in [1.165, 1.54) is 4.90 Å². The third kappa shape index (κ3) is 4.11. The van der Waals surface area contributed by atoms with Gasteiger partial charge in [-0.3, -0.25) is 4.90 Å². The quantitative estimate of drug-likeness (QED) is 0.738. The van der Waals surface area contributed by atoms with Gasteiger partial charge < -0.3 is 4.90 Å². The summed E-state index contributed by atoms with van der Waals surface area (Å²) in [5, 5.41) is 0. The number of piperazine rings is 1. The lowest BCUT2D eigenvalue weighted by molar-refractivity contribution is -0.157. The fraction of sp³-hybridized carbons (Fsp3) is 0.333. The minimum atomic E-state index is -4.26. The van der Waals surface area contributed by atoms with E-state index in [-0.39, 0.29) is 6.54 Å². The van der Waals surface area contributed by atoms with Gasteiger partial charge in [-0.2, -0.15) is 13.2 Å². The molecule has 2 nitrogen and oxygen atoms in total. The summed E-state index contributed by atoms with van der Waals surface area (Å²) in [6.45, 7) is 1.49. The van der Waals surface area contributed by atoms with Gasteiger partial charge in [-0.25, -0.2) is 0 Å². The molecule has 1 unspecified atom stereocenters. The van der Waals surface area contributed by atoms with Crippen molar-refractivity contribution in [2.24, 2.45) is 0 Å². The van der Waals surface area contributed by atoms with Crippen LogP contribution in [0.3, 0.4) is 0 Å². The zero-order valence-corrected chi connectivity index (χ0v) is 14.6. The molecule has 1 heterocycles. The van der Waals surface area contributed by atoms with Crippen molar-refractivity contribution in [2.75, 3.05) is 24.5 Å². The topological polar surface area (TPSA) is 6.48 Å². The van der Waals surface area contributed by atoms with Crippen molar-refractivity contribution in [2.45, 2.75) is 18.8 Å². The summed E-state index contributed by atoms with van der Waals surface area (Å²) in [6, 6.07) is 15.2. The lowest BCUT2D eigenvalue weighted by atomic mass is 10.1. The lowest BCUT2D eigenvalue weighted by Crippen LogP contribution is -2.59. The summed E-state index contributed by atoms with van der Waals surface area (Å²) in [7, 11) is 0. The van der Waals surface area contributed by atoms with Crippen molar-refractivity contribution in [3.05, 3.63) is 64.6 Å². The van der Waals surface area contributed by atoms with E-state index in [1.54, 1.807) is 24.3 Å². The predicted octanol–water partition coefficient (Wildman–Crippen LogP) is 4.70. The van der Waals surface area contributed by atoms with Gasteiger partial charge in [0.2, 0.25) is 0 Å². The minimum absolute atomic E-state index is 0.0194. The van der Waals surface area contributed by atoms with Gasteiger partial charge in [0.05, 0.1) is 0 Å². The Labute approximate surface area is 148 Å². The Morgan fingerprint density at radius 3 is 2.25 bits per heavy atom. The molecule has 2 aromatic rings. The van der Waals surface area contributed by atoms with Crippen LogP contribution in [-0.2, 0) is 6.54 Å². The van der Waals surface area contributed by atoms with Crippen molar-refractivity contribution in [3.63, 3.8) is 0 Å². The van der Waals surface area contributed by atoms with Crippen LogP contribution in [-0.4, -0.2) is 36.8 Å². The van der Waals surface area contributed by atoms with Crippen molar-refractivity contribution in [1.82, 2.24) is 4.90 Å². The molecule has 0 bridgehead atoms. The third-order valence-electron chi connectivity index (χ3n) is 4.25. The molecule has 1 fully saturated rings. The molecule has 0 N–H and O–H groups in total. The first-order valence-electron chi connectivity index (χ1n) is 7.79. The fourth-order valence-electron chi connectivity index (χ4n) is 3.05. The van der Waals surface area contributed by atoms with Gasteiger partial charge in [-0.15, -0.1) is 0 Å². The van der Waals surface area contributed by atoms with Gasteiger partial charge in [-0.1, -0.05) is 46.3 Å². The largest absolute Gasteiger partial charge is 0.409 e. The van der Waals surface area contributed by atoms with Crippen LogP contribution in [0.5, 0.6) is 0 Å². The summed E-state index contributed by atoms with van der Waals surface area (Å²) >= 11 is 3.32. The number of benzene rings is 2. The van der Waals surface area contributed by atoms with E-state index >= 15 is 0 Å². The van der Waals surface area contributed by atoms with Crippen molar-refractivity contribution in [1.29, 1.82) is 0 Å². The maximum absolute atomic E-state index is 13.6. The number of anilines is 1. The van der Waals surface area contributed by atoms with Gasteiger partial charge in [0, 0.05) is 36.3 Å². The van der Waals surface area contributed by atoms with E-state index in [0.717, 1.165) is 10.0 Å². The summed E-state index contributed by atoms with van der Waals surface area (Å²) in [5.74, 6) is 0. The highest BCUT2D eigenvalue weighted by molar-refractivity contribution is 9.10. The first-order chi connectivity index (χ1) is 11.4. The van der Waals surface area contributed by atoms with Crippen LogP contribution < -0.4 is 4.90 Å². The molecule has 24 heavy (non-hydrogen) atoms. The molecule has 0 radical (unpaired) electrons. The monoisotopic (exact) mass is 398 g/mol. The molecule has 128 valence electrons. The highest BCUT2D eigenvalue weighted by Gasteiger charge is 2.46. The molecular weight excluding hydrogens is 381 g/mol. The summed E-state index contributed by atoms with van der Waals surface area (Å²) in [6.07, 6.45) is -4.26. The third-order valence-corrected chi connectivity index (χ3v) is 4.78. The molecule has 2 aromatic carbocycles. The van der Waals surface area contributed by atoms with E-state index in [0.29, 0.717) is 25.3 Å². The molecular formula is C18H18BrF3N2. The lowest BCUT2D eigenvalue weighted by Gasteiger charge is -2.43. The molecule has 6 heteroatoms. The maximum Gasteiger partial charge on any atom is 0.409 e. The second kappa shape index (κ2) is 7.15. The van der Waals surface area contributed by atoms with Gasteiger partial charge in [0.15, 0.2) is 0 Å². The highest BCUT2D eigenvalue weighted by Crippen LogP contribution is 2.32. The van der Waals surface area contributed by atoms with Gasteiger partial charge >= 0.3 is 6.18 Å². The van der Waals surface area contributed by atoms with Crippen LogP contribution in [0, 0.1) is 0 Å². The van der Waals surface area contributed by atoms with E-state index in [1.807, 2.05) is 35.2 Å². The number of alkyl halides is 3. The highest BCUT2D eigenvalue weighted by atomic mass is 79.9. The molecule has 3 rings (SSSR count). The number of hydrogen-bond donors (Lipinski definition) is 0. The molecule has 0 spiro atoms. The molecule has 0 aromatic heterocycles. The number of nitrogens with zero attached hydrogens (tertiary/aromatic N) is 2. The van der Waals surface area contributed by atoms with Gasteiger partial charge in [-0.05, 0) is 29.8 Å². The SMILES string of the molecule is FC(F)(F)C1CN(Cc2ccccc2)CCN1c1ccc(Br)cc1. The molecule has 0 saturated carbocycles. The second-order valence-electron chi connectivity index (χ2n) is 5.95. The smallest absolute Gasteiger partial charge is 0.357 e. The Morgan fingerprint density at radius 2 is 1.62 bits per heavy atom. The van der Waals surface area contributed by atoms with E-state index in [4.69, 9.17) is 0 Å². The van der Waals surface area contributed by atoms with Crippen LogP contribution in [0.4, 0.5) is 18.9 Å². The Kier molecular flexibility index (Phi) is 5.15. The minimum Gasteiger partial charge on any atom is -0.357 e. The zero-order valence-electron chi connectivity index (χ0n) is 13.0.